The Morgan fingerprint density at radius 1 is 1.40 bits per heavy atom. The quantitative estimate of drug-likeness (QED) is 0.656. The van der Waals surface area contributed by atoms with Crippen molar-refractivity contribution in [2.75, 3.05) is 7.05 Å². The van der Waals surface area contributed by atoms with Crippen LogP contribution in [0.25, 0.3) is 0 Å². The lowest BCUT2D eigenvalue weighted by Crippen LogP contribution is -2.39. The SMILES string of the molecule is CCCC(NC)C(F)(F)F. The second kappa shape index (κ2) is 3.81. The molecule has 62 valence electrons. The van der Waals surface area contributed by atoms with Crippen LogP contribution in [-0.2, 0) is 0 Å². The summed E-state index contributed by atoms with van der Waals surface area (Å²) in [5, 5.41) is 2.22. The Morgan fingerprint density at radius 2 is 1.90 bits per heavy atom. The average molecular weight is 155 g/mol. The molecular formula is C6H12F3N. The molecule has 0 spiro atoms. The van der Waals surface area contributed by atoms with Crippen molar-refractivity contribution >= 4 is 0 Å². The molecule has 10 heavy (non-hydrogen) atoms. The fourth-order valence-electron chi connectivity index (χ4n) is 0.760. The van der Waals surface area contributed by atoms with Crippen molar-refractivity contribution in [3.05, 3.63) is 0 Å². The van der Waals surface area contributed by atoms with Gasteiger partial charge in [0.05, 0.1) is 0 Å². The Balaban J connectivity index is 3.81. The van der Waals surface area contributed by atoms with Crippen LogP contribution in [0.5, 0.6) is 0 Å². The zero-order chi connectivity index (χ0) is 8.20. The molecule has 0 aliphatic carbocycles. The third kappa shape index (κ3) is 3.06. The summed E-state index contributed by atoms with van der Waals surface area (Å²) in [6.07, 6.45) is -3.39. The average Bonchev–Trinajstić information content (AvgIpc) is 1.80. The minimum atomic E-state index is -4.09. The van der Waals surface area contributed by atoms with Gasteiger partial charge in [-0.2, -0.15) is 13.2 Å². The van der Waals surface area contributed by atoms with Gasteiger partial charge in [-0.15, -0.1) is 0 Å². The van der Waals surface area contributed by atoms with Gasteiger partial charge in [0, 0.05) is 0 Å². The van der Waals surface area contributed by atoms with Crippen LogP contribution >= 0.6 is 0 Å². The van der Waals surface area contributed by atoms with E-state index in [4.69, 9.17) is 0 Å². The normalized spacial score (nSPS) is 15.3. The lowest BCUT2D eigenvalue weighted by molar-refractivity contribution is -0.155. The van der Waals surface area contributed by atoms with Crippen molar-refractivity contribution in [1.29, 1.82) is 0 Å². The Morgan fingerprint density at radius 3 is 2.00 bits per heavy atom. The molecule has 0 aromatic carbocycles. The summed E-state index contributed by atoms with van der Waals surface area (Å²) in [5.74, 6) is 0. The van der Waals surface area contributed by atoms with Crippen LogP contribution in [-0.4, -0.2) is 19.3 Å². The highest BCUT2D eigenvalue weighted by Gasteiger charge is 2.37. The molecule has 0 aliphatic heterocycles. The molecule has 0 aromatic heterocycles. The summed E-state index contributed by atoms with van der Waals surface area (Å²) < 4.78 is 35.5. The van der Waals surface area contributed by atoms with Gasteiger partial charge in [0.1, 0.15) is 6.04 Å². The number of rotatable bonds is 3. The van der Waals surface area contributed by atoms with E-state index >= 15 is 0 Å². The second-order valence-corrected chi connectivity index (χ2v) is 2.17. The molecule has 0 saturated carbocycles. The second-order valence-electron chi connectivity index (χ2n) is 2.17. The molecule has 0 saturated heterocycles. The summed E-state index contributed by atoms with van der Waals surface area (Å²) in [6.45, 7) is 1.73. The number of hydrogen-bond acceptors (Lipinski definition) is 1. The summed E-state index contributed by atoms with van der Waals surface area (Å²) in [4.78, 5) is 0. The van der Waals surface area contributed by atoms with E-state index in [0.717, 1.165) is 0 Å². The number of nitrogens with one attached hydrogen (secondary N) is 1. The van der Waals surface area contributed by atoms with Gasteiger partial charge < -0.3 is 5.32 Å². The molecule has 0 bridgehead atoms. The Bertz CT molecular complexity index is 89.5. The van der Waals surface area contributed by atoms with Gasteiger partial charge in [-0.1, -0.05) is 13.3 Å². The number of hydrogen-bond donors (Lipinski definition) is 1. The van der Waals surface area contributed by atoms with E-state index in [0.29, 0.717) is 6.42 Å². The molecule has 1 unspecified atom stereocenters. The fraction of sp³-hybridized carbons (Fsp3) is 1.00. The zero-order valence-corrected chi connectivity index (χ0v) is 6.13. The molecule has 0 heterocycles. The monoisotopic (exact) mass is 155 g/mol. The topological polar surface area (TPSA) is 12.0 Å². The highest BCUT2D eigenvalue weighted by molar-refractivity contribution is 4.71. The summed E-state index contributed by atoms with van der Waals surface area (Å²) in [7, 11) is 1.33. The lowest BCUT2D eigenvalue weighted by Gasteiger charge is -2.18. The molecule has 0 aromatic rings. The van der Waals surface area contributed by atoms with Crippen molar-refractivity contribution < 1.29 is 13.2 Å². The molecule has 1 nitrogen and oxygen atoms in total. The highest BCUT2D eigenvalue weighted by atomic mass is 19.4. The number of halogens is 3. The molecule has 1 atom stereocenters. The van der Waals surface area contributed by atoms with E-state index in [1.165, 1.54) is 7.05 Å². The standard InChI is InChI=1S/C6H12F3N/c1-3-4-5(10-2)6(7,8)9/h5,10H,3-4H2,1-2H3. The minimum absolute atomic E-state index is 0.153. The first kappa shape index (κ1) is 9.75. The molecule has 1 N–H and O–H groups in total. The van der Waals surface area contributed by atoms with Gasteiger partial charge in [0.25, 0.3) is 0 Å². The van der Waals surface area contributed by atoms with Crippen LogP contribution < -0.4 is 5.32 Å². The van der Waals surface area contributed by atoms with Gasteiger partial charge in [0.2, 0.25) is 0 Å². The smallest absolute Gasteiger partial charge is 0.309 e. The van der Waals surface area contributed by atoms with E-state index in [1.54, 1.807) is 6.92 Å². The predicted octanol–water partition coefficient (Wildman–Crippen LogP) is 1.94. The first-order chi connectivity index (χ1) is 4.52. The van der Waals surface area contributed by atoms with Crippen LogP contribution in [0.3, 0.4) is 0 Å². The van der Waals surface area contributed by atoms with E-state index in [-0.39, 0.29) is 6.42 Å². The molecular weight excluding hydrogens is 143 g/mol. The van der Waals surface area contributed by atoms with Crippen LogP contribution in [0.2, 0.25) is 0 Å². The van der Waals surface area contributed by atoms with Crippen LogP contribution in [0.1, 0.15) is 19.8 Å². The molecule has 0 rings (SSSR count). The molecule has 0 radical (unpaired) electrons. The van der Waals surface area contributed by atoms with E-state index < -0.39 is 12.2 Å². The fourth-order valence-corrected chi connectivity index (χ4v) is 0.760. The van der Waals surface area contributed by atoms with Crippen molar-refractivity contribution in [3.8, 4) is 0 Å². The summed E-state index contributed by atoms with van der Waals surface area (Å²) >= 11 is 0. The third-order valence-corrected chi connectivity index (χ3v) is 1.32. The van der Waals surface area contributed by atoms with Gasteiger partial charge in [0.15, 0.2) is 0 Å². The van der Waals surface area contributed by atoms with Crippen molar-refractivity contribution in [1.82, 2.24) is 5.32 Å². The maximum Gasteiger partial charge on any atom is 0.403 e. The number of alkyl halides is 3. The Hall–Kier alpha value is -0.250. The molecule has 0 fully saturated rings. The van der Waals surface area contributed by atoms with E-state index in [1.807, 2.05) is 0 Å². The van der Waals surface area contributed by atoms with Gasteiger partial charge >= 0.3 is 6.18 Å². The van der Waals surface area contributed by atoms with Crippen LogP contribution in [0, 0.1) is 0 Å². The third-order valence-electron chi connectivity index (χ3n) is 1.32. The zero-order valence-electron chi connectivity index (χ0n) is 6.13. The van der Waals surface area contributed by atoms with Crippen LogP contribution in [0.4, 0.5) is 13.2 Å². The lowest BCUT2D eigenvalue weighted by atomic mass is 10.2. The van der Waals surface area contributed by atoms with Crippen molar-refractivity contribution in [2.24, 2.45) is 0 Å². The first-order valence-electron chi connectivity index (χ1n) is 3.26. The van der Waals surface area contributed by atoms with E-state index in [9.17, 15) is 13.2 Å². The maximum absolute atomic E-state index is 11.8. The van der Waals surface area contributed by atoms with E-state index in [2.05, 4.69) is 5.32 Å². The van der Waals surface area contributed by atoms with Crippen molar-refractivity contribution in [3.63, 3.8) is 0 Å². The van der Waals surface area contributed by atoms with Gasteiger partial charge in [-0.05, 0) is 13.5 Å². The summed E-state index contributed by atoms with van der Waals surface area (Å²) in [6, 6.07) is -1.34. The largest absolute Gasteiger partial charge is 0.403 e. The maximum atomic E-state index is 11.8. The van der Waals surface area contributed by atoms with Gasteiger partial charge in [-0.3, -0.25) is 0 Å². The van der Waals surface area contributed by atoms with Crippen molar-refractivity contribution in [2.45, 2.75) is 32.0 Å². The summed E-state index contributed by atoms with van der Waals surface area (Å²) in [5.41, 5.74) is 0. The minimum Gasteiger partial charge on any atom is -0.309 e. The Labute approximate surface area is 58.6 Å². The van der Waals surface area contributed by atoms with Crippen LogP contribution in [0.15, 0.2) is 0 Å². The molecule has 0 aliphatic rings. The molecule has 4 heteroatoms. The highest BCUT2D eigenvalue weighted by Crippen LogP contribution is 2.22. The first-order valence-corrected chi connectivity index (χ1v) is 3.26. The predicted molar refractivity (Wildman–Crippen MR) is 33.8 cm³/mol. The molecule has 0 amide bonds. The Kier molecular flexibility index (Phi) is 3.71. The van der Waals surface area contributed by atoms with Gasteiger partial charge in [-0.25, -0.2) is 0 Å².